The topological polar surface area (TPSA) is 44.7 Å². The van der Waals surface area contributed by atoms with E-state index in [1.165, 1.54) is 102 Å². The van der Waals surface area contributed by atoms with E-state index in [-0.39, 0.29) is 5.91 Å². The van der Waals surface area contributed by atoms with Gasteiger partial charge in [-0.2, -0.15) is 0 Å². The van der Waals surface area contributed by atoms with Gasteiger partial charge in [0.1, 0.15) is 0 Å². The first-order valence-corrected chi connectivity index (χ1v) is 12.3. The number of carbonyl (C=O) groups is 1. The van der Waals surface area contributed by atoms with E-state index in [4.69, 9.17) is 0 Å². The van der Waals surface area contributed by atoms with Gasteiger partial charge in [0.2, 0.25) is 5.91 Å². The predicted molar refractivity (Wildman–Crippen MR) is 122 cm³/mol. The summed E-state index contributed by atoms with van der Waals surface area (Å²) in [5.74, 6) is 1.32. The molecule has 164 valence electrons. The molecule has 0 aromatic rings. The zero-order valence-electron chi connectivity index (χ0n) is 18.9. The quantitative estimate of drug-likeness (QED) is 0.270. The first kappa shape index (κ1) is 25.0. The highest BCUT2D eigenvalue weighted by atomic mass is 16.1. The van der Waals surface area contributed by atoms with Crippen LogP contribution in [-0.2, 0) is 4.79 Å². The van der Waals surface area contributed by atoms with Crippen molar-refractivity contribution >= 4 is 11.7 Å². The third-order valence-electron chi connectivity index (χ3n) is 5.79. The standard InChI is InChI=1S/C24H47N3O/c1-3-4-5-6-7-8-9-10-11-12-13-14-15-16-17-18-24-26-20-22-27(24)21-19-25-23(2)28/h3-22H2,1-2H3,(H,25,28). The van der Waals surface area contributed by atoms with Crippen molar-refractivity contribution in [3.05, 3.63) is 0 Å². The fraction of sp³-hybridized carbons (Fsp3) is 0.917. The van der Waals surface area contributed by atoms with Gasteiger partial charge in [-0.15, -0.1) is 0 Å². The highest BCUT2D eigenvalue weighted by Gasteiger charge is 2.15. The Morgan fingerprint density at radius 3 is 1.86 bits per heavy atom. The fourth-order valence-corrected chi connectivity index (χ4v) is 4.03. The highest BCUT2D eigenvalue weighted by Crippen LogP contribution is 2.15. The number of nitrogens with zero attached hydrogens (tertiary/aromatic N) is 2. The van der Waals surface area contributed by atoms with Gasteiger partial charge in [-0.05, 0) is 6.42 Å². The smallest absolute Gasteiger partial charge is 0.216 e. The van der Waals surface area contributed by atoms with Gasteiger partial charge in [0.15, 0.2) is 0 Å². The highest BCUT2D eigenvalue weighted by molar-refractivity contribution is 5.83. The summed E-state index contributed by atoms with van der Waals surface area (Å²) in [5.41, 5.74) is 0. The molecule has 0 aromatic carbocycles. The van der Waals surface area contributed by atoms with Gasteiger partial charge >= 0.3 is 0 Å². The van der Waals surface area contributed by atoms with Crippen molar-refractivity contribution in [3.8, 4) is 0 Å². The number of nitrogens with one attached hydrogen (secondary N) is 1. The first-order chi connectivity index (χ1) is 13.7. The fourth-order valence-electron chi connectivity index (χ4n) is 4.03. The van der Waals surface area contributed by atoms with Crippen LogP contribution in [0, 0.1) is 0 Å². The van der Waals surface area contributed by atoms with E-state index in [1.807, 2.05) is 0 Å². The minimum absolute atomic E-state index is 0.0556. The molecular formula is C24H47N3O. The molecule has 1 heterocycles. The summed E-state index contributed by atoms with van der Waals surface area (Å²) in [6.45, 7) is 7.44. The van der Waals surface area contributed by atoms with Crippen LogP contribution in [-0.4, -0.2) is 42.8 Å². The van der Waals surface area contributed by atoms with Crippen LogP contribution in [0.4, 0.5) is 0 Å². The van der Waals surface area contributed by atoms with Crippen LogP contribution in [0.3, 0.4) is 0 Å². The molecule has 0 spiro atoms. The minimum Gasteiger partial charge on any atom is -0.357 e. The Morgan fingerprint density at radius 2 is 1.36 bits per heavy atom. The minimum atomic E-state index is 0.0556. The second kappa shape index (κ2) is 18.0. The molecule has 0 radical (unpaired) electrons. The van der Waals surface area contributed by atoms with E-state index >= 15 is 0 Å². The summed E-state index contributed by atoms with van der Waals surface area (Å²) in [7, 11) is 0. The van der Waals surface area contributed by atoms with Crippen molar-refractivity contribution in [2.45, 2.75) is 117 Å². The lowest BCUT2D eigenvalue weighted by atomic mass is 10.0. The van der Waals surface area contributed by atoms with Crippen LogP contribution in [0.15, 0.2) is 4.99 Å². The summed E-state index contributed by atoms with van der Waals surface area (Å²) in [5, 5.41) is 2.88. The molecule has 0 atom stereocenters. The Labute approximate surface area is 174 Å². The number of aliphatic imine (C=N–C) groups is 1. The second-order valence-corrected chi connectivity index (χ2v) is 8.47. The lowest BCUT2D eigenvalue weighted by Gasteiger charge is -2.20. The van der Waals surface area contributed by atoms with E-state index < -0.39 is 0 Å². The van der Waals surface area contributed by atoms with Gasteiger partial charge in [0, 0.05) is 33.0 Å². The van der Waals surface area contributed by atoms with E-state index in [0.717, 1.165) is 32.6 Å². The molecule has 0 aromatic heterocycles. The molecule has 1 N–H and O–H groups in total. The molecule has 0 saturated carbocycles. The number of carbonyl (C=O) groups excluding carboxylic acids is 1. The summed E-state index contributed by atoms with van der Waals surface area (Å²) in [4.78, 5) is 18.0. The third-order valence-corrected chi connectivity index (χ3v) is 5.79. The summed E-state index contributed by atoms with van der Waals surface area (Å²) in [6.07, 6.45) is 22.2. The Morgan fingerprint density at radius 1 is 0.857 bits per heavy atom. The number of unbranched alkanes of at least 4 members (excludes halogenated alkanes) is 14. The Kier molecular flexibility index (Phi) is 16.1. The maximum Gasteiger partial charge on any atom is 0.216 e. The van der Waals surface area contributed by atoms with Gasteiger partial charge in [-0.25, -0.2) is 0 Å². The van der Waals surface area contributed by atoms with E-state index in [9.17, 15) is 4.79 Å². The summed E-state index contributed by atoms with van der Waals surface area (Å²) >= 11 is 0. The van der Waals surface area contributed by atoms with Gasteiger partial charge in [-0.1, -0.05) is 96.8 Å². The van der Waals surface area contributed by atoms with Crippen LogP contribution in [0.1, 0.15) is 117 Å². The van der Waals surface area contributed by atoms with Gasteiger partial charge in [0.25, 0.3) is 0 Å². The largest absolute Gasteiger partial charge is 0.357 e. The maximum atomic E-state index is 11.0. The zero-order valence-corrected chi connectivity index (χ0v) is 18.9. The number of rotatable bonds is 19. The number of amidine groups is 1. The van der Waals surface area contributed by atoms with Crippen LogP contribution >= 0.6 is 0 Å². The number of hydrogen-bond acceptors (Lipinski definition) is 3. The van der Waals surface area contributed by atoms with Crippen molar-refractivity contribution in [2.75, 3.05) is 26.2 Å². The maximum absolute atomic E-state index is 11.0. The van der Waals surface area contributed by atoms with Crippen LogP contribution in [0.2, 0.25) is 0 Å². The van der Waals surface area contributed by atoms with E-state index in [0.29, 0.717) is 0 Å². The van der Waals surface area contributed by atoms with Crippen molar-refractivity contribution in [1.82, 2.24) is 10.2 Å². The average molecular weight is 394 g/mol. The monoisotopic (exact) mass is 393 g/mol. The lowest BCUT2D eigenvalue weighted by Crippen LogP contribution is -2.36. The third kappa shape index (κ3) is 14.0. The second-order valence-electron chi connectivity index (χ2n) is 8.47. The van der Waals surface area contributed by atoms with Gasteiger partial charge in [-0.3, -0.25) is 9.79 Å². The lowest BCUT2D eigenvalue weighted by molar-refractivity contribution is -0.118. The van der Waals surface area contributed by atoms with Crippen molar-refractivity contribution in [1.29, 1.82) is 0 Å². The summed E-state index contributed by atoms with van der Waals surface area (Å²) < 4.78 is 0. The van der Waals surface area contributed by atoms with Crippen molar-refractivity contribution in [3.63, 3.8) is 0 Å². The molecule has 0 aliphatic carbocycles. The number of amides is 1. The normalized spacial score (nSPS) is 13.8. The molecule has 4 heteroatoms. The average Bonchev–Trinajstić information content (AvgIpc) is 3.12. The van der Waals surface area contributed by atoms with E-state index in [1.54, 1.807) is 6.92 Å². The predicted octanol–water partition coefficient (Wildman–Crippen LogP) is 6.10. The molecule has 1 aliphatic heterocycles. The molecule has 0 bridgehead atoms. The SMILES string of the molecule is CCCCCCCCCCCCCCCCCC1=NCCN1CCNC(C)=O. The van der Waals surface area contributed by atoms with Gasteiger partial charge in [0.05, 0.1) is 12.4 Å². The Balaban J connectivity index is 1.83. The molecule has 4 nitrogen and oxygen atoms in total. The molecule has 1 aliphatic rings. The Hall–Kier alpha value is -1.06. The van der Waals surface area contributed by atoms with E-state index in [2.05, 4.69) is 22.1 Å². The molecule has 0 unspecified atom stereocenters. The van der Waals surface area contributed by atoms with Crippen LogP contribution in [0.25, 0.3) is 0 Å². The Bertz CT molecular complexity index is 409. The van der Waals surface area contributed by atoms with Crippen LogP contribution in [0.5, 0.6) is 0 Å². The molecule has 0 saturated heterocycles. The molecule has 28 heavy (non-hydrogen) atoms. The van der Waals surface area contributed by atoms with Crippen molar-refractivity contribution in [2.24, 2.45) is 4.99 Å². The molecule has 0 fully saturated rings. The molecule has 1 rings (SSSR count). The zero-order chi connectivity index (χ0) is 20.3. The summed E-state index contributed by atoms with van der Waals surface area (Å²) in [6, 6.07) is 0. The molecule has 1 amide bonds. The van der Waals surface area contributed by atoms with Crippen molar-refractivity contribution < 1.29 is 4.79 Å². The molecular weight excluding hydrogens is 346 g/mol. The first-order valence-electron chi connectivity index (χ1n) is 12.3. The number of hydrogen-bond donors (Lipinski definition) is 1. The van der Waals surface area contributed by atoms with Crippen LogP contribution < -0.4 is 5.32 Å². The van der Waals surface area contributed by atoms with Gasteiger partial charge < -0.3 is 10.2 Å².